The lowest BCUT2D eigenvalue weighted by atomic mass is 10.1. The predicted octanol–water partition coefficient (Wildman–Crippen LogP) is 5.53. The normalized spacial score (nSPS) is 19.1. The maximum absolute atomic E-state index is 13.2. The molecular formula is C22H19F3N2O2S. The molecule has 30 heavy (non-hydrogen) atoms. The van der Waals surface area contributed by atoms with Crippen LogP contribution in [-0.2, 0) is 17.4 Å². The van der Waals surface area contributed by atoms with E-state index >= 15 is 0 Å². The third-order valence-corrected chi connectivity index (χ3v) is 5.60. The quantitative estimate of drug-likeness (QED) is 0.600. The molecule has 1 fully saturated rings. The van der Waals surface area contributed by atoms with Crippen molar-refractivity contribution in [3.63, 3.8) is 0 Å². The highest BCUT2D eigenvalue weighted by Crippen LogP contribution is 2.39. The molecule has 0 unspecified atom stereocenters. The molecule has 0 spiro atoms. The van der Waals surface area contributed by atoms with E-state index < -0.39 is 17.6 Å². The molecule has 8 heteroatoms. The van der Waals surface area contributed by atoms with Crippen molar-refractivity contribution in [3.05, 3.63) is 64.1 Å². The first-order valence-electron chi connectivity index (χ1n) is 9.47. The number of halogens is 3. The van der Waals surface area contributed by atoms with Crippen LogP contribution in [0, 0.1) is 0 Å². The Bertz CT molecular complexity index is 1060. The maximum Gasteiger partial charge on any atom is 0.416 e. The van der Waals surface area contributed by atoms with Crippen LogP contribution in [0.2, 0.25) is 0 Å². The third-order valence-electron chi connectivity index (χ3n) is 4.62. The number of amides is 1. The van der Waals surface area contributed by atoms with Crippen molar-refractivity contribution in [1.29, 1.82) is 0 Å². The molecule has 0 aromatic heterocycles. The molecule has 0 atom stereocenters. The van der Waals surface area contributed by atoms with Gasteiger partial charge in [-0.25, -0.2) is 0 Å². The fourth-order valence-electron chi connectivity index (χ4n) is 3.28. The Labute approximate surface area is 176 Å². The fraction of sp³-hybridized carbons (Fsp3) is 0.273. The number of carbonyl (C=O) groups excluding carboxylic acids is 1. The first-order chi connectivity index (χ1) is 14.2. The van der Waals surface area contributed by atoms with Crippen LogP contribution < -0.4 is 9.64 Å². The van der Waals surface area contributed by atoms with Crippen molar-refractivity contribution in [2.75, 3.05) is 11.5 Å². The summed E-state index contributed by atoms with van der Waals surface area (Å²) in [5.41, 5.74) is 1.25. The van der Waals surface area contributed by atoms with Gasteiger partial charge in [0.2, 0.25) is 0 Å². The van der Waals surface area contributed by atoms with Crippen LogP contribution in [-0.4, -0.2) is 23.7 Å². The fourth-order valence-corrected chi connectivity index (χ4v) is 4.39. The van der Waals surface area contributed by atoms with Gasteiger partial charge in [0.05, 0.1) is 22.8 Å². The van der Waals surface area contributed by atoms with Crippen molar-refractivity contribution >= 4 is 34.6 Å². The van der Waals surface area contributed by atoms with Crippen molar-refractivity contribution in [3.8, 4) is 5.75 Å². The number of amidine groups is 1. The Morgan fingerprint density at radius 2 is 2.00 bits per heavy atom. The lowest BCUT2D eigenvalue weighted by Gasteiger charge is -2.18. The number of carbonyl (C=O) groups is 1. The number of hydrogen-bond acceptors (Lipinski definition) is 4. The van der Waals surface area contributed by atoms with Crippen molar-refractivity contribution in [1.82, 2.24) is 0 Å². The molecule has 1 saturated heterocycles. The van der Waals surface area contributed by atoms with E-state index in [2.05, 4.69) is 4.99 Å². The van der Waals surface area contributed by atoms with E-state index in [1.54, 1.807) is 6.08 Å². The zero-order chi connectivity index (χ0) is 21.5. The number of nitrogens with zero attached hydrogens (tertiary/aromatic N) is 2. The van der Waals surface area contributed by atoms with Crippen molar-refractivity contribution in [2.45, 2.75) is 32.5 Å². The van der Waals surface area contributed by atoms with Gasteiger partial charge < -0.3 is 4.74 Å². The largest absolute Gasteiger partial charge is 0.493 e. The van der Waals surface area contributed by atoms with Gasteiger partial charge >= 0.3 is 6.18 Å². The summed E-state index contributed by atoms with van der Waals surface area (Å²) in [5.74, 6) is 0.450. The van der Waals surface area contributed by atoms with Gasteiger partial charge in [0.1, 0.15) is 5.75 Å². The SMILES string of the molecule is CC(C)/N=C1\S/C(=C\c2ccc3c(c2)CCO3)C(=O)N1c1cccc(C(F)(F)F)c1. The molecule has 2 aromatic carbocycles. The number of thioether (sulfide) groups is 1. The highest BCUT2D eigenvalue weighted by Gasteiger charge is 2.37. The van der Waals surface area contributed by atoms with Gasteiger partial charge in [-0.3, -0.25) is 14.7 Å². The van der Waals surface area contributed by atoms with Gasteiger partial charge in [0.15, 0.2) is 5.17 Å². The lowest BCUT2D eigenvalue weighted by Crippen LogP contribution is -2.29. The second kappa shape index (κ2) is 7.83. The van der Waals surface area contributed by atoms with Crippen LogP contribution >= 0.6 is 11.8 Å². The number of ether oxygens (including phenoxy) is 1. The maximum atomic E-state index is 13.2. The van der Waals surface area contributed by atoms with Crippen LogP contribution in [0.3, 0.4) is 0 Å². The van der Waals surface area contributed by atoms with E-state index in [-0.39, 0.29) is 11.7 Å². The molecule has 2 aliphatic heterocycles. The van der Waals surface area contributed by atoms with E-state index in [9.17, 15) is 18.0 Å². The molecule has 0 aliphatic carbocycles. The average Bonchev–Trinajstić information content (AvgIpc) is 3.25. The summed E-state index contributed by atoms with van der Waals surface area (Å²) in [6.45, 7) is 4.34. The molecule has 4 rings (SSSR count). The first kappa shape index (κ1) is 20.5. The number of alkyl halides is 3. The molecule has 0 saturated carbocycles. The van der Waals surface area contributed by atoms with Gasteiger partial charge in [-0.05, 0) is 73.1 Å². The van der Waals surface area contributed by atoms with Gasteiger partial charge in [0.25, 0.3) is 5.91 Å². The Balaban J connectivity index is 1.72. The molecule has 0 N–H and O–H groups in total. The summed E-state index contributed by atoms with van der Waals surface area (Å²) in [7, 11) is 0. The Kier molecular flexibility index (Phi) is 5.36. The van der Waals surface area contributed by atoms with Gasteiger partial charge in [0, 0.05) is 12.5 Å². The monoisotopic (exact) mass is 432 g/mol. The summed E-state index contributed by atoms with van der Waals surface area (Å²) in [5, 5.41) is 0.366. The minimum Gasteiger partial charge on any atom is -0.493 e. The number of aliphatic imine (C=N–C) groups is 1. The van der Waals surface area contributed by atoms with Gasteiger partial charge in [-0.15, -0.1) is 0 Å². The number of benzene rings is 2. The standard InChI is InChI=1S/C22H19F3N2O2S/c1-13(2)26-21-27(17-5-3-4-16(12-17)22(23,24)25)20(28)19(30-21)11-14-6-7-18-15(10-14)8-9-29-18/h3-7,10-13H,8-9H2,1-2H3/b19-11-,26-21-. The number of hydrogen-bond donors (Lipinski definition) is 0. The molecule has 4 nitrogen and oxygen atoms in total. The summed E-state index contributed by atoms with van der Waals surface area (Å²) in [4.78, 5) is 19.3. The summed E-state index contributed by atoms with van der Waals surface area (Å²) in [6, 6.07) is 10.3. The summed E-state index contributed by atoms with van der Waals surface area (Å²) >= 11 is 1.17. The second-order valence-electron chi connectivity index (χ2n) is 7.27. The Morgan fingerprint density at radius 3 is 2.73 bits per heavy atom. The van der Waals surface area contributed by atoms with Crippen LogP contribution in [0.5, 0.6) is 5.75 Å². The molecule has 2 aliphatic rings. The molecule has 0 radical (unpaired) electrons. The van der Waals surface area contributed by atoms with Crippen LogP contribution in [0.4, 0.5) is 18.9 Å². The molecule has 1 amide bonds. The number of fused-ring (bicyclic) bond motifs is 1. The van der Waals surface area contributed by atoms with E-state index in [4.69, 9.17) is 4.74 Å². The second-order valence-corrected chi connectivity index (χ2v) is 8.28. The minimum absolute atomic E-state index is 0.120. The van der Waals surface area contributed by atoms with Gasteiger partial charge in [-0.1, -0.05) is 12.1 Å². The molecule has 2 aromatic rings. The van der Waals surface area contributed by atoms with Gasteiger partial charge in [-0.2, -0.15) is 13.2 Å². The molecule has 0 bridgehead atoms. The topological polar surface area (TPSA) is 41.9 Å². The van der Waals surface area contributed by atoms with E-state index in [0.29, 0.717) is 16.7 Å². The zero-order valence-electron chi connectivity index (χ0n) is 16.4. The number of anilines is 1. The van der Waals surface area contributed by atoms with Crippen molar-refractivity contribution in [2.24, 2.45) is 4.99 Å². The molecule has 2 heterocycles. The van der Waals surface area contributed by atoms with E-state index in [1.165, 1.54) is 28.8 Å². The predicted molar refractivity (Wildman–Crippen MR) is 113 cm³/mol. The number of rotatable bonds is 3. The van der Waals surface area contributed by atoms with E-state index in [1.807, 2.05) is 32.0 Å². The van der Waals surface area contributed by atoms with Crippen molar-refractivity contribution < 1.29 is 22.7 Å². The average molecular weight is 432 g/mol. The summed E-state index contributed by atoms with van der Waals surface area (Å²) in [6.07, 6.45) is -1.94. The van der Waals surface area contributed by atoms with E-state index in [0.717, 1.165) is 35.4 Å². The highest BCUT2D eigenvalue weighted by atomic mass is 32.2. The Morgan fingerprint density at radius 1 is 1.20 bits per heavy atom. The first-order valence-corrected chi connectivity index (χ1v) is 10.3. The van der Waals surface area contributed by atoms with Crippen LogP contribution in [0.1, 0.15) is 30.5 Å². The third kappa shape index (κ3) is 4.09. The van der Waals surface area contributed by atoms with Crippen LogP contribution in [0.15, 0.2) is 52.4 Å². The zero-order valence-corrected chi connectivity index (χ0v) is 17.2. The smallest absolute Gasteiger partial charge is 0.416 e. The van der Waals surface area contributed by atoms with Crippen LogP contribution in [0.25, 0.3) is 6.08 Å². The summed E-state index contributed by atoms with van der Waals surface area (Å²) < 4.78 is 45.0. The Hall–Kier alpha value is -2.74. The lowest BCUT2D eigenvalue weighted by molar-refractivity contribution is -0.137. The molecule has 156 valence electrons. The molecular weight excluding hydrogens is 413 g/mol. The minimum atomic E-state index is -4.49. The highest BCUT2D eigenvalue weighted by molar-refractivity contribution is 8.19.